The Bertz CT molecular complexity index is 429. The Hall–Kier alpha value is -0.910. The molecule has 0 bridgehead atoms. The summed E-state index contributed by atoms with van der Waals surface area (Å²) in [5, 5.41) is 3.24. The van der Waals surface area contributed by atoms with Crippen LogP contribution < -0.4 is 10.1 Å². The maximum Gasteiger partial charge on any atom is 0.118 e. The average molecular weight is 297 g/mol. The Labute approximate surface area is 123 Å². The highest BCUT2D eigenvalue weighted by molar-refractivity contribution is 7.85. The fraction of sp³-hybridized carbons (Fsp3) is 0.600. The first-order valence-electron chi connectivity index (χ1n) is 7.00. The largest absolute Gasteiger partial charge is 0.497 e. The molecule has 0 spiro atoms. The normalized spacial score (nSPS) is 21.6. The van der Waals surface area contributed by atoms with Gasteiger partial charge in [0.05, 0.1) is 13.2 Å². The lowest BCUT2D eigenvalue weighted by molar-refractivity contribution is 0.128. The van der Waals surface area contributed by atoms with Crippen molar-refractivity contribution in [1.82, 2.24) is 5.32 Å². The van der Waals surface area contributed by atoms with E-state index in [9.17, 15) is 4.21 Å². The van der Waals surface area contributed by atoms with Crippen molar-refractivity contribution < 1.29 is 13.7 Å². The van der Waals surface area contributed by atoms with Gasteiger partial charge < -0.3 is 14.8 Å². The molecule has 0 radical (unpaired) electrons. The molecule has 3 atom stereocenters. The first-order chi connectivity index (χ1) is 9.72. The first kappa shape index (κ1) is 15.5. The number of methoxy groups -OCH3 is 1. The van der Waals surface area contributed by atoms with Crippen LogP contribution in [0.15, 0.2) is 24.3 Å². The summed E-state index contributed by atoms with van der Waals surface area (Å²) in [6.45, 7) is 0.815. The van der Waals surface area contributed by atoms with Gasteiger partial charge in [-0.15, -0.1) is 0 Å². The second kappa shape index (κ2) is 7.76. The van der Waals surface area contributed by atoms with Gasteiger partial charge in [-0.2, -0.15) is 0 Å². The molecule has 1 N–H and O–H groups in total. The van der Waals surface area contributed by atoms with E-state index in [1.165, 1.54) is 0 Å². The average Bonchev–Trinajstić information content (AvgIpc) is 2.97. The van der Waals surface area contributed by atoms with Crippen LogP contribution in [0, 0.1) is 0 Å². The van der Waals surface area contributed by atoms with E-state index in [1.807, 2.05) is 31.3 Å². The molecule has 1 heterocycles. The Morgan fingerprint density at radius 2 is 2.20 bits per heavy atom. The van der Waals surface area contributed by atoms with Crippen molar-refractivity contribution in [3.8, 4) is 5.75 Å². The van der Waals surface area contributed by atoms with Gasteiger partial charge in [0.25, 0.3) is 0 Å². The van der Waals surface area contributed by atoms with Crippen molar-refractivity contribution in [2.75, 3.05) is 32.3 Å². The molecule has 3 unspecified atom stereocenters. The quantitative estimate of drug-likeness (QED) is 0.835. The van der Waals surface area contributed by atoms with E-state index in [4.69, 9.17) is 9.47 Å². The summed E-state index contributed by atoms with van der Waals surface area (Å²) in [5.41, 5.74) is 1.13. The summed E-state index contributed by atoms with van der Waals surface area (Å²) in [7, 11) is 2.69. The van der Waals surface area contributed by atoms with Crippen molar-refractivity contribution in [3.63, 3.8) is 0 Å². The molecular weight excluding hydrogens is 274 g/mol. The molecule has 2 rings (SSSR count). The molecule has 0 aromatic heterocycles. The number of hydrogen-bond donors (Lipinski definition) is 1. The van der Waals surface area contributed by atoms with Crippen LogP contribution in [0.25, 0.3) is 0 Å². The van der Waals surface area contributed by atoms with Crippen LogP contribution in [-0.2, 0) is 15.5 Å². The lowest BCUT2D eigenvalue weighted by Crippen LogP contribution is -2.26. The SMILES string of the molecule is CNC(CS(=O)CC1CCCO1)c1ccc(OC)cc1. The van der Waals surface area contributed by atoms with Gasteiger partial charge >= 0.3 is 0 Å². The molecule has 20 heavy (non-hydrogen) atoms. The van der Waals surface area contributed by atoms with Crippen LogP contribution >= 0.6 is 0 Å². The van der Waals surface area contributed by atoms with E-state index in [0.717, 1.165) is 30.8 Å². The van der Waals surface area contributed by atoms with E-state index in [2.05, 4.69) is 5.32 Å². The molecule has 112 valence electrons. The molecule has 5 heteroatoms. The minimum absolute atomic E-state index is 0.100. The Morgan fingerprint density at radius 3 is 2.75 bits per heavy atom. The minimum Gasteiger partial charge on any atom is -0.497 e. The zero-order valence-electron chi connectivity index (χ0n) is 12.1. The molecule has 1 saturated heterocycles. The third kappa shape index (κ3) is 4.30. The number of nitrogens with one attached hydrogen (secondary N) is 1. The Balaban J connectivity index is 1.91. The highest BCUT2D eigenvalue weighted by Gasteiger charge is 2.20. The van der Waals surface area contributed by atoms with E-state index in [0.29, 0.717) is 11.5 Å². The van der Waals surface area contributed by atoms with Crippen LogP contribution in [0.1, 0.15) is 24.4 Å². The Kier molecular flexibility index (Phi) is 6.01. The maximum atomic E-state index is 12.2. The van der Waals surface area contributed by atoms with Crippen molar-refractivity contribution >= 4 is 10.8 Å². The van der Waals surface area contributed by atoms with E-state index in [1.54, 1.807) is 7.11 Å². The summed E-state index contributed by atoms with van der Waals surface area (Å²) in [6, 6.07) is 8.00. The van der Waals surface area contributed by atoms with Crippen molar-refractivity contribution in [3.05, 3.63) is 29.8 Å². The van der Waals surface area contributed by atoms with Gasteiger partial charge in [0.2, 0.25) is 0 Å². The second-order valence-electron chi connectivity index (χ2n) is 5.02. The molecular formula is C15H23NO3S. The monoisotopic (exact) mass is 297 g/mol. The molecule has 0 amide bonds. The van der Waals surface area contributed by atoms with Gasteiger partial charge in [0, 0.05) is 35.0 Å². The predicted molar refractivity (Wildman–Crippen MR) is 81.6 cm³/mol. The molecule has 1 aliphatic heterocycles. The smallest absolute Gasteiger partial charge is 0.118 e. The lowest BCUT2D eigenvalue weighted by atomic mass is 10.1. The van der Waals surface area contributed by atoms with E-state index < -0.39 is 10.8 Å². The number of rotatable bonds is 7. The summed E-state index contributed by atoms with van der Waals surface area (Å²) in [4.78, 5) is 0. The van der Waals surface area contributed by atoms with Crippen molar-refractivity contribution in [2.45, 2.75) is 25.0 Å². The zero-order chi connectivity index (χ0) is 14.4. The third-order valence-corrected chi connectivity index (χ3v) is 5.06. The maximum absolute atomic E-state index is 12.2. The van der Waals surface area contributed by atoms with Crippen LogP contribution in [-0.4, -0.2) is 42.6 Å². The molecule has 1 aromatic carbocycles. The second-order valence-corrected chi connectivity index (χ2v) is 6.57. The van der Waals surface area contributed by atoms with Gasteiger partial charge in [-0.25, -0.2) is 0 Å². The number of hydrogen-bond acceptors (Lipinski definition) is 4. The molecule has 1 aliphatic rings. The fourth-order valence-electron chi connectivity index (χ4n) is 2.42. The van der Waals surface area contributed by atoms with Gasteiger partial charge in [-0.1, -0.05) is 12.1 Å². The summed E-state index contributed by atoms with van der Waals surface area (Å²) in [6.07, 6.45) is 2.32. The minimum atomic E-state index is -0.866. The van der Waals surface area contributed by atoms with Crippen molar-refractivity contribution in [2.24, 2.45) is 0 Å². The summed E-state index contributed by atoms with van der Waals surface area (Å²) < 4.78 is 22.9. The fourth-order valence-corrected chi connectivity index (χ4v) is 3.96. The molecule has 1 fully saturated rings. The van der Waals surface area contributed by atoms with Crippen molar-refractivity contribution in [1.29, 1.82) is 0 Å². The topological polar surface area (TPSA) is 47.6 Å². The van der Waals surface area contributed by atoms with Gasteiger partial charge in [0.15, 0.2) is 0 Å². The Morgan fingerprint density at radius 1 is 1.45 bits per heavy atom. The molecule has 0 aliphatic carbocycles. The molecule has 4 nitrogen and oxygen atoms in total. The third-order valence-electron chi connectivity index (χ3n) is 3.61. The van der Waals surface area contributed by atoms with Crippen LogP contribution in [0.2, 0.25) is 0 Å². The van der Waals surface area contributed by atoms with Gasteiger partial charge in [-0.3, -0.25) is 4.21 Å². The van der Waals surface area contributed by atoms with Crippen LogP contribution in [0.3, 0.4) is 0 Å². The molecule has 1 aromatic rings. The summed E-state index contributed by atoms with van der Waals surface area (Å²) in [5.74, 6) is 2.10. The highest BCUT2D eigenvalue weighted by Crippen LogP contribution is 2.19. The van der Waals surface area contributed by atoms with Crippen LogP contribution in [0.5, 0.6) is 5.75 Å². The standard InChI is InChI=1S/C15H23NO3S/c1-16-15(12-5-7-13(18-2)8-6-12)11-20(17)10-14-4-3-9-19-14/h5-8,14-16H,3-4,9-11H2,1-2H3. The lowest BCUT2D eigenvalue weighted by Gasteiger charge is -2.18. The van der Waals surface area contributed by atoms with Crippen LogP contribution in [0.4, 0.5) is 0 Å². The highest BCUT2D eigenvalue weighted by atomic mass is 32.2. The first-order valence-corrected chi connectivity index (χ1v) is 8.49. The van der Waals surface area contributed by atoms with E-state index in [-0.39, 0.29) is 12.1 Å². The number of benzene rings is 1. The molecule has 0 saturated carbocycles. The predicted octanol–water partition coefficient (Wildman–Crippen LogP) is 1.88. The van der Waals surface area contributed by atoms with Gasteiger partial charge in [-0.05, 0) is 37.6 Å². The van der Waals surface area contributed by atoms with E-state index >= 15 is 0 Å². The van der Waals surface area contributed by atoms with Gasteiger partial charge in [0.1, 0.15) is 5.75 Å². The zero-order valence-corrected chi connectivity index (χ0v) is 12.9. The summed E-state index contributed by atoms with van der Waals surface area (Å²) >= 11 is 0. The number of ether oxygens (including phenoxy) is 2.